The van der Waals surface area contributed by atoms with Crippen LogP contribution in [0.2, 0.25) is 0 Å². The lowest BCUT2D eigenvalue weighted by atomic mass is 10.0. The zero-order chi connectivity index (χ0) is 17.4. The first-order chi connectivity index (χ1) is 12.0. The number of hydrogen-bond donors (Lipinski definition) is 0. The van der Waals surface area contributed by atoms with E-state index in [-0.39, 0.29) is 11.4 Å². The van der Waals surface area contributed by atoms with Gasteiger partial charge in [0.05, 0.1) is 0 Å². The van der Waals surface area contributed by atoms with Crippen molar-refractivity contribution in [3.8, 4) is 11.1 Å². The van der Waals surface area contributed by atoms with Gasteiger partial charge in [0.1, 0.15) is 22.2 Å². The number of fused-ring (bicyclic) bond motifs is 1. The molecule has 0 spiro atoms. The van der Waals surface area contributed by atoms with Gasteiger partial charge < -0.3 is 9.36 Å². The Morgan fingerprint density at radius 3 is 2.76 bits per heavy atom. The molecule has 0 saturated heterocycles. The molecule has 0 atom stereocenters. The molecule has 2 aromatic carbocycles. The van der Waals surface area contributed by atoms with Crippen molar-refractivity contribution in [1.29, 1.82) is 0 Å². The molecule has 128 valence electrons. The molecule has 0 radical (unpaired) electrons. The summed E-state index contributed by atoms with van der Waals surface area (Å²) in [5.41, 5.74) is 3.10. The minimum absolute atomic E-state index is 0.237. The van der Waals surface area contributed by atoms with E-state index in [2.05, 4.69) is 10.3 Å². The molecule has 0 fully saturated rings. The lowest BCUT2D eigenvalue weighted by Gasteiger charge is -2.12. The zero-order valence-corrected chi connectivity index (χ0v) is 14.8. The summed E-state index contributed by atoms with van der Waals surface area (Å²) in [6, 6.07) is 12.3. The Morgan fingerprint density at radius 2 is 2.00 bits per heavy atom. The fraction of sp³-hybridized carbons (Fsp3) is 0.263. The quantitative estimate of drug-likeness (QED) is 0.632. The topological polar surface area (TPSA) is 47.6 Å². The van der Waals surface area contributed by atoms with Crippen LogP contribution in [0.4, 0.5) is 4.39 Å². The van der Waals surface area contributed by atoms with Crippen molar-refractivity contribution in [1.82, 2.24) is 5.16 Å². The first-order valence-electron chi connectivity index (χ1n) is 8.02. The van der Waals surface area contributed by atoms with E-state index in [1.165, 1.54) is 12.1 Å². The number of rotatable bonds is 3. The molecule has 4 nitrogen and oxygen atoms in total. The maximum absolute atomic E-state index is 13.5. The Labute approximate surface area is 149 Å². The minimum atomic E-state index is -0.249. The third-order valence-corrected chi connectivity index (χ3v) is 5.02. The molecule has 0 saturated carbocycles. The van der Waals surface area contributed by atoms with Crippen LogP contribution in [0.25, 0.3) is 22.1 Å². The highest BCUT2D eigenvalue weighted by Crippen LogP contribution is 2.32. The van der Waals surface area contributed by atoms with Gasteiger partial charge in [-0.25, -0.2) is 4.39 Å². The van der Waals surface area contributed by atoms with Gasteiger partial charge in [0.2, 0.25) is 0 Å². The first kappa shape index (κ1) is 16.1. The molecular weight excluding hydrogens is 339 g/mol. The monoisotopic (exact) mass is 356 g/mol. The molecule has 0 aliphatic carbocycles. The summed E-state index contributed by atoms with van der Waals surface area (Å²) in [5, 5.41) is 10.2. The van der Waals surface area contributed by atoms with Crippen molar-refractivity contribution in [3.05, 3.63) is 54.0 Å². The van der Waals surface area contributed by atoms with Gasteiger partial charge in [-0.3, -0.25) is 0 Å². The van der Waals surface area contributed by atoms with Crippen LogP contribution in [0, 0.1) is 5.82 Å². The Morgan fingerprint density at radius 1 is 1.16 bits per heavy atom. The summed E-state index contributed by atoms with van der Waals surface area (Å²) in [6.45, 7) is 4.03. The third kappa shape index (κ3) is 3.39. The largest absolute Gasteiger partial charge is 0.389 e. The Kier molecular flexibility index (Phi) is 4.00. The summed E-state index contributed by atoms with van der Waals surface area (Å²) < 4.78 is 18.9. The van der Waals surface area contributed by atoms with Gasteiger partial charge in [-0.2, -0.15) is 0 Å². The third-order valence-electron chi connectivity index (χ3n) is 4.05. The molecule has 1 aromatic heterocycles. The van der Waals surface area contributed by atoms with Gasteiger partial charge in [-0.15, -0.1) is 11.8 Å². The second kappa shape index (κ2) is 6.19. The van der Waals surface area contributed by atoms with Crippen LogP contribution >= 0.6 is 11.8 Å². The van der Waals surface area contributed by atoms with E-state index in [4.69, 9.17) is 9.36 Å². The van der Waals surface area contributed by atoms with Crippen LogP contribution in [0.1, 0.15) is 26.0 Å². The Balaban J connectivity index is 1.59. The van der Waals surface area contributed by atoms with E-state index >= 15 is 0 Å². The summed E-state index contributed by atoms with van der Waals surface area (Å²) in [5.74, 6) is 0.401. The fourth-order valence-corrected chi connectivity index (χ4v) is 3.82. The minimum Gasteiger partial charge on any atom is -0.389 e. The van der Waals surface area contributed by atoms with E-state index < -0.39 is 0 Å². The second-order valence-corrected chi connectivity index (χ2v) is 7.70. The van der Waals surface area contributed by atoms with Crippen molar-refractivity contribution in [3.63, 3.8) is 0 Å². The van der Waals surface area contributed by atoms with Crippen molar-refractivity contribution < 1.29 is 13.8 Å². The van der Waals surface area contributed by atoms with Gasteiger partial charge in [-0.1, -0.05) is 28.5 Å². The van der Waals surface area contributed by atoms with Crippen LogP contribution in [0.3, 0.4) is 0 Å². The number of hydrogen-bond acceptors (Lipinski definition) is 5. The lowest BCUT2D eigenvalue weighted by Crippen LogP contribution is -2.18. The van der Waals surface area contributed by atoms with Crippen LogP contribution < -0.4 is 0 Å². The fourth-order valence-electron chi connectivity index (χ4n) is 2.77. The van der Waals surface area contributed by atoms with E-state index in [0.29, 0.717) is 5.75 Å². The molecular formula is C19H17FN2O2S. The van der Waals surface area contributed by atoms with Crippen LogP contribution in [0.5, 0.6) is 0 Å². The van der Waals surface area contributed by atoms with Crippen LogP contribution in [-0.2, 0) is 10.6 Å². The standard InChI is InChI=1S/C19H17FN2O2S/c1-19(2)10-18(22-24-19)25-11-16-15-9-13(6-7-17(15)23-21-16)12-4-3-5-14(20)8-12/h3-9H,10-11H2,1-2H3. The van der Waals surface area contributed by atoms with Crippen molar-refractivity contribution in [2.24, 2.45) is 5.16 Å². The number of thioether (sulfide) groups is 1. The predicted molar refractivity (Wildman–Crippen MR) is 97.9 cm³/mol. The van der Waals surface area contributed by atoms with Crippen LogP contribution in [-0.4, -0.2) is 15.8 Å². The SMILES string of the molecule is CC1(C)CC(SCc2noc3ccc(-c4cccc(F)c4)cc23)=NO1. The smallest absolute Gasteiger partial charge is 0.167 e. The highest BCUT2D eigenvalue weighted by Gasteiger charge is 2.29. The molecule has 0 N–H and O–H groups in total. The molecule has 3 aromatic rings. The van der Waals surface area contributed by atoms with E-state index in [1.807, 2.05) is 38.1 Å². The van der Waals surface area contributed by atoms with Gasteiger partial charge in [0.25, 0.3) is 0 Å². The lowest BCUT2D eigenvalue weighted by molar-refractivity contribution is 0.0123. The number of aromatic nitrogens is 1. The van der Waals surface area contributed by atoms with Crippen molar-refractivity contribution >= 4 is 27.8 Å². The summed E-state index contributed by atoms with van der Waals surface area (Å²) in [6.07, 6.45) is 0.794. The van der Waals surface area contributed by atoms with Crippen molar-refractivity contribution in [2.45, 2.75) is 31.6 Å². The van der Waals surface area contributed by atoms with E-state index in [9.17, 15) is 4.39 Å². The van der Waals surface area contributed by atoms with Gasteiger partial charge >= 0.3 is 0 Å². The highest BCUT2D eigenvalue weighted by molar-refractivity contribution is 8.13. The van der Waals surface area contributed by atoms with Crippen molar-refractivity contribution in [2.75, 3.05) is 0 Å². The Hall–Kier alpha value is -2.34. The molecule has 0 unspecified atom stereocenters. The van der Waals surface area contributed by atoms with Gasteiger partial charge in [0, 0.05) is 17.6 Å². The maximum atomic E-state index is 13.5. The first-order valence-corrected chi connectivity index (χ1v) is 9.01. The maximum Gasteiger partial charge on any atom is 0.167 e. The summed E-state index contributed by atoms with van der Waals surface area (Å²) in [4.78, 5) is 5.39. The number of oxime groups is 1. The van der Waals surface area contributed by atoms with Crippen LogP contribution in [0.15, 0.2) is 52.1 Å². The van der Waals surface area contributed by atoms with E-state index in [1.54, 1.807) is 17.8 Å². The molecule has 25 heavy (non-hydrogen) atoms. The molecule has 1 aliphatic rings. The number of halogens is 1. The average molecular weight is 356 g/mol. The average Bonchev–Trinajstić information content (AvgIpc) is 3.15. The molecule has 2 heterocycles. The number of nitrogens with zero attached hydrogens (tertiary/aromatic N) is 2. The predicted octanol–water partition coefficient (Wildman–Crippen LogP) is 5.38. The zero-order valence-electron chi connectivity index (χ0n) is 14.0. The molecule has 6 heteroatoms. The normalized spacial score (nSPS) is 16.0. The Bertz CT molecular complexity index is 965. The summed E-state index contributed by atoms with van der Waals surface area (Å²) in [7, 11) is 0. The van der Waals surface area contributed by atoms with Gasteiger partial charge in [-0.05, 0) is 49.2 Å². The molecule has 4 rings (SSSR count). The highest BCUT2D eigenvalue weighted by atomic mass is 32.2. The van der Waals surface area contributed by atoms with E-state index in [0.717, 1.165) is 39.3 Å². The molecule has 0 bridgehead atoms. The molecule has 0 amide bonds. The molecule has 1 aliphatic heterocycles. The second-order valence-electron chi connectivity index (χ2n) is 6.65. The van der Waals surface area contributed by atoms with Gasteiger partial charge in [0.15, 0.2) is 5.58 Å². The summed E-state index contributed by atoms with van der Waals surface area (Å²) >= 11 is 1.61. The number of benzene rings is 2.